The van der Waals surface area contributed by atoms with E-state index in [2.05, 4.69) is 37.3 Å². The minimum Gasteiger partial charge on any atom is -0.358 e. The highest BCUT2D eigenvalue weighted by Crippen LogP contribution is 2.27. The number of hydrogen-bond acceptors (Lipinski definition) is 7. The maximum atomic E-state index is 5.27. The molecule has 0 amide bonds. The van der Waals surface area contributed by atoms with Crippen LogP contribution in [0.25, 0.3) is 11.0 Å². The van der Waals surface area contributed by atoms with Crippen molar-refractivity contribution >= 4 is 16.9 Å². The summed E-state index contributed by atoms with van der Waals surface area (Å²) in [6.07, 6.45) is 2.31. The number of hydrogen-bond donors (Lipinski definition) is 1. The van der Waals surface area contributed by atoms with Crippen LogP contribution in [-0.4, -0.2) is 25.1 Å². The van der Waals surface area contributed by atoms with Crippen LogP contribution in [0, 0.1) is 20.8 Å². The zero-order valence-corrected chi connectivity index (χ0v) is 13.1. The van der Waals surface area contributed by atoms with Crippen LogP contribution >= 0.6 is 0 Å². The zero-order chi connectivity index (χ0) is 15.7. The molecule has 0 aliphatic rings. The fourth-order valence-corrected chi connectivity index (χ4v) is 2.48. The minimum absolute atomic E-state index is 0.0972. The van der Waals surface area contributed by atoms with E-state index in [0.29, 0.717) is 17.4 Å². The van der Waals surface area contributed by atoms with Crippen LogP contribution in [0.3, 0.4) is 0 Å². The van der Waals surface area contributed by atoms with Crippen molar-refractivity contribution in [2.24, 2.45) is 0 Å². The van der Waals surface area contributed by atoms with Crippen molar-refractivity contribution in [1.82, 2.24) is 25.1 Å². The Hall–Kier alpha value is -2.57. The highest BCUT2D eigenvalue weighted by molar-refractivity contribution is 5.89. The summed E-state index contributed by atoms with van der Waals surface area (Å²) in [6.45, 7) is 7.84. The number of aryl methyl sites for hydroxylation is 3. The first kappa shape index (κ1) is 14.4. The molecule has 0 spiro atoms. The number of nitrogens with zero attached hydrogens (tertiary/aromatic N) is 5. The summed E-state index contributed by atoms with van der Waals surface area (Å²) < 4.78 is 5.27. The number of nitrogens with one attached hydrogen (secondary N) is 1. The summed E-state index contributed by atoms with van der Waals surface area (Å²) in [6, 6.07) is 1.93. The van der Waals surface area contributed by atoms with Crippen molar-refractivity contribution in [3.8, 4) is 0 Å². The highest BCUT2D eigenvalue weighted by atomic mass is 16.5. The Labute approximate surface area is 128 Å². The fourth-order valence-electron chi connectivity index (χ4n) is 2.48. The molecule has 0 bridgehead atoms. The summed E-state index contributed by atoms with van der Waals surface area (Å²) in [5.41, 5.74) is 2.71. The van der Waals surface area contributed by atoms with Gasteiger partial charge in [-0.1, -0.05) is 12.1 Å². The summed E-state index contributed by atoms with van der Waals surface area (Å²) in [5.74, 6) is 1.92. The molecule has 114 valence electrons. The second kappa shape index (κ2) is 5.67. The molecule has 3 heterocycles. The molecule has 3 aromatic rings. The zero-order valence-electron chi connectivity index (χ0n) is 13.1. The maximum absolute atomic E-state index is 5.27. The number of pyridine rings is 1. The molecule has 1 unspecified atom stereocenters. The van der Waals surface area contributed by atoms with Gasteiger partial charge < -0.3 is 9.84 Å². The van der Waals surface area contributed by atoms with E-state index in [4.69, 9.17) is 4.52 Å². The van der Waals surface area contributed by atoms with Crippen LogP contribution in [0.4, 0.5) is 5.82 Å². The van der Waals surface area contributed by atoms with Crippen molar-refractivity contribution in [2.45, 2.75) is 40.2 Å². The Morgan fingerprint density at radius 1 is 1.18 bits per heavy atom. The lowest BCUT2D eigenvalue weighted by atomic mass is 10.1. The Bertz CT molecular complexity index is 813. The predicted molar refractivity (Wildman–Crippen MR) is 82.5 cm³/mol. The average molecular weight is 298 g/mol. The lowest BCUT2D eigenvalue weighted by Gasteiger charge is -2.15. The topological polar surface area (TPSA) is 89.6 Å². The van der Waals surface area contributed by atoms with Crippen molar-refractivity contribution in [3.05, 3.63) is 35.4 Å². The molecular formula is C15H18N6O. The van der Waals surface area contributed by atoms with Crippen molar-refractivity contribution in [2.75, 3.05) is 5.32 Å². The maximum Gasteiger partial charge on any atom is 0.249 e. The molecule has 1 N–H and O–H groups in total. The first-order chi connectivity index (χ1) is 10.6. The molecule has 0 aliphatic carbocycles. The van der Waals surface area contributed by atoms with Crippen LogP contribution in [0.15, 0.2) is 16.9 Å². The van der Waals surface area contributed by atoms with Crippen molar-refractivity contribution in [3.63, 3.8) is 0 Å². The van der Waals surface area contributed by atoms with Crippen LogP contribution in [-0.2, 0) is 0 Å². The molecule has 0 saturated heterocycles. The van der Waals surface area contributed by atoms with Gasteiger partial charge in [-0.3, -0.25) is 0 Å². The monoisotopic (exact) mass is 298 g/mol. The van der Waals surface area contributed by atoms with Crippen LogP contribution in [0.2, 0.25) is 0 Å². The molecule has 0 saturated carbocycles. The second-order valence-electron chi connectivity index (χ2n) is 5.29. The van der Waals surface area contributed by atoms with E-state index in [0.717, 1.165) is 28.9 Å². The quantitative estimate of drug-likeness (QED) is 0.792. The average Bonchev–Trinajstić information content (AvgIpc) is 2.90. The summed E-state index contributed by atoms with van der Waals surface area (Å²) in [5, 5.41) is 8.14. The number of rotatable bonds is 4. The van der Waals surface area contributed by atoms with Gasteiger partial charge in [0.2, 0.25) is 5.89 Å². The lowest BCUT2D eigenvalue weighted by Crippen LogP contribution is -2.12. The third-order valence-corrected chi connectivity index (χ3v) is 3.49. The van der Waals surface area contributed by atoms with E-state index in [1.807, 2.05) is 19.9 Å². The molecule has 3 aromatic heterocycles. The highest BCUT2D eigenvalue weighted by Gasteiger charge is 2.19. The van der Waals surface area contributed by atoms with Crippen LogP contribution in [0.1, 0.15) is 42.4 Å². The largest absolute Gasteiger partial charge is 0.358 e. The Balaban J connectivity index is 2.03. The molecule has 7 nitrogen and oxygen atoms in total. The first-order valence-electron chi connectivity index (χ1n) is 7.24. The molecule has 0 aliphatic heterocycles. The van der Waals surface area contributed by atoms with Crippen molar-refractivity contribution < 1.29 is 4.52 Å². The van der Waals surface area contributed by atoms with Gasteiger partial charge in [-0.25, -0.2) is 15.0 Å². The molecule has 3 rings (SSSR count). The predicted octanol–water partition coefficient (Wildman–Crippen LogP) is 2.90. The molecule has 1 atom stereocenters. The summed E-state index contributed by atoms with van der Waals surface area (Å²) in [7, 11) is 0. The van der Waals surface area contributed by atoms with E-state index < -0.39 is 0 Å². The standard InChI is InChI=1S/C15H18N6O/c1-5-11(15-19-10(4)21-22-15)20-14-12-8(2)6-9(3)18-13(12)16-7-17-14/h6-7,11H,5H2,1-4H3,(H,16,17,18,20). The Morgan fingerprint density at radius 3 is 2.68 bits per heavy atom. The van der Waals surface area contributed by atoms with Gasteiger partial charge in [-0.05, 0) is 38.8 Å². The van der Waals surface area contributed by atoms with E-state index in [1.165, 1.54) is 6.33 Å². The van der Waals surface area contributed by atoms with Gasteiger partial charge in [-0.2, -0.15) is 4.98 Å². The Kier molecular flexibility index (Phi) is 3.70. The third-order valence-electron chi connectivity index (χ3n) is 3.49. The number of aromatic nitrogens is 5. The molecule has 0 fully saturated rings. The molecule has 7 heteroatoms. The minimum atomic E-state index is -0.0972. The van der Waals surface area contributed by atoms with Gasteiger partial charge in [0, 0.05) is 5.69 Å². The SMILES string of the molecule is CCC(Nc1ncnc2nc(C)cc(C)c12)c1nc(C)no1. The molecule has 0 radical (unpaired) electrons. The smallest absolute Gasteiger partial charge is 0.249 e. The summed E-state index contributed by atoms with van der Waals surface area (Å²) in [4.78, 5) is 17.4. The molecule has 0 aromatic carbocycles. The van der Waals surface area contributed by atoms with Gasteiger partial charge in [0.05, 0.1) is 5.39 Å². The van der Waals surface area contributed by atoms with Gasteiger partial charge >= 0.3 is 0 Å². The third kappa shape index (κ3) is 2.61. The lowest BCUT2D eigenvalue weighted by molar-refractivity contribution is 0.356. The second-order valence-corrected chi connectivity index (χ2v) is 5.29. The van der Waals surface area contributed by atoms with Gasteiger partial charge in [-0.15, -0.1) is 0 Å². The Morgan fingerprint density at radius 2 is 2.00 bits per heavy atom. The van der Waals surface area contributed by atoms with E-state index in [1.54, 1.807) is 6.92 Å². The molecule has 22 heavy (non-hydrogen) atoms. The van der Waals surface area contributed by atoms with Gasteiger partial charge in [0.1, 0.15) is 18.2 Å². The summed E-state index contributed by atoms with van der Waals surface area (Å²) >= 11 is 0. The number of anilines is 1. The van der Waals surface area contributed by atoms with E-state index >= 15 is 0 Å². The number of fused-ring (bicyclic) bond motifs is 1. The van der Waals surface area contributed by atoms with E-state index in [-0.39, 0.29) is 6.04 Å². The van der Waals surface area contributed by atoms with Crippen LogP contribution < -0.4 is 5.32 Å². The van der Waals surface area contributed by atoms with Gasteiger partial charge in [0.25, 0.3) is 0 Å². The molecular weight excluding hydrogens is 280 g/mol. The van der Waals surface area contributed by atoms with Crippen LogP contribution in [0.5, 0.6) is 0 Å². The fraction of sp³-hybridized carbons (Fsp3) is 0.400. The van der Waals surface area contributed by atoms with E-state index in [9.17, 15) is 0 Å². The van der Waals surface area contributed by atoms with Crippen molar-refractivity contribution in [1.29, 1.82) is 0 Å². The normalized spacial score (nSPS) is 12.5. The first-order valence-corrected chi connectivity index (χ1v) is 7.24. The van der Waals surface area contributed by atoms with Gasteiger partial charge in [0.15, 0.2) is 11.5 Å².